The lowest BCUT2D eigenvalue weighted by molar-refractivity contribution is 0.0948. The van der Waals surface area contributed by atoms with E-state index in [9.17, 15) is 4.79 Å². The van der Waals surface area contributed by atoms with Crippen LogP contribution in [0.5, 0.6) is 5.75 Å². The Labute approximate surface area is 124 Å². The number of aryl methyl sites for hydroxylation is 1. The fourth-order valence-electron chi connectivity index (χ4n) is 2.73. The summed E-state index contributed by atoms with van der Waals surface area (Å²) in [5.41, 5.74) is 3.00. The van der Waals surface area contributed by atoms with E-state index in [1.54, 1.807) is 0 Å². The molecular weight excluding hydrogens is 262 g/mol. The fourth-order valence-corrected chi connectivity index (χ4v) is 2.73. The maximum Gasteiger partial charge on any atom is 0.251 e. The normalized spacial score (nSPS) is 16.7. The minimum absolute atomic E-state index is 0.0114. The predicted octanol–water partition coefficient (Wildman–Crippen LogP) is 3.29. The minimum atomic E-state index is -0.0114. The van der Waals surface area contributed by atoms with E-state index in [-0.39, 0.29) is 5.91 Å². The first kappa shape index (κ1) is 13.7. The van der Waals surface area contributed by atoms with Crippen LogP contribution in [0.2, 0.25) is 0 Å². The molecule has 1 unspecified atom stereocenters. The SMILES string of the molecule is Cc1cccc(C(=O)NCC2CCOc3ccccc32)c1. The van der Waals surface area contributed by atoms with Crippen molar-refractivity contribution in [2.24, 2.45) is 0 Å². The summed E-state index contributed by atoms with van der Waals surface area (Å²) < 4.78 is 5.65. The summed E-state index contributed by atoms with van der Waals surface area (Å²) in [6.45, 7) is 3.35. The molecule has 1 aliphatic rings. The van der Waals surface area contributed by atoms with Gasteiger partial charge in [0.1, 0.15) is 5.75 Å². The second-order valence-corrected chi connectivity index (χ2v) is 5.45. The summed E-state index contributed by atoms with van der Waals surface area (Å²) in [7, 11) is 0. The van der Waals surface area contributed by atoms with Crippen molar-refractivity contribution < 1.29 is 9.53 Å². The minimum Gasteiger partial charge on any atom is -0.493 e. The van der Waals surface area contributed by atoms with Crippen LogP contribution in [0.1, 0.15) is 33.8 Å². The molecule has 1 heterocycles. The molecule has 1 atom stereocenters. The second kappa shape index (κ2) is 6.00. The number of para-hydroxylation sites is 1. The average Bonchev–Trinajstić information content (AvgIpc) is 2.52. The predicted molar refractivity (Wildman–Crippen MR) is 82.8 cm³/mol. The third-order valence-electron chi connectivity index (χ3n) is 3.87. The van der Waals surface area contributed by atoms with Crippen LogP contribution in [-0.2, 0) is 0 Å². The van der Waals surface area contributed by atoms with Crippen LogP contribution in [0.25, 0.3) is 0 Å². The van der Waals surface area contributed by atoms with Crippen molar-refractivity contribution >= 4 is 5.91 Å². The summed E-state index contributed by atoms with van der Waals surface area (Å²) >= 11 is 0. The van der Waals surface area contributed by atoms with Crippen LogP contribution in [0.4, 0.5) is 0 Å². The lowest BCUT2D eigenvalue weighted by Gasteiger charge is -2.26. The van der Waals surface area contributed by atoms with E-state index in [1.165, 1.54) is 5.56 Å². The Morgan fingerprint density at radius 2 is 2.10 bits per heavy atom. The Hall–Kier alpha value is -2.29. The smallest absolute Gasteiger partial charge is 0.251 e. The number of fused-ring (bicyclic) bond motifs is 1. The highest BCUT2D eigenvalue weighted by Crippen LogP contribution is 2.32. The quantitative estimate of drug-likeness (QED) is 0.937. The summed E-state index contributed by atoms with van der Waals surface area (Å²) in [4.78, 5) is 12.2. The van der Waals surface area contributed by atoms with Crippen molar-refractivity contribution in [1.82, 2.24) is 5.32 Å². The van der Waals surface area contributed by atoms with Crippen molar-refractivity contribution in [2.75, 3.05) is 13.2 Å². The Balaban J connectivity index is 1.67. The molecule has 0 spiro atoms. The Morgan fingerprint density at radius 3 is 2.95 bits per heavy atom. The highest BCUT2D eigenvalue weighted by Gasteiger charge is 2.21. The van der Waals surface area contributed by atoms with Gasteiger partial charge in [0, 0.05) is 18.0 Å². The third kappa shape index (κ3) is 3.07. The molecule has 3 heteroatoms. The van der Waals surface area contributed by atoms with Gasteiger partial charge in [-0.1, -0.05) is 35.9 Å². The molecule has 0 saturated carbocycles. The van der Waals surface area contributed by atoms with E-state index in [2.05, 4.69) is 11.4 Å². The molecular formula is C18H19NO2. The summed E-state index contributed by atoms with van der Waals surface area (Å²) in [6.07, 6.45) is 0.936. The zero-order chi connectivity index (χ0) is 14.7. The Kier molecular flexibility index (Phi) is 3.91. The number of nitrogens with one attached hydrogen (secondary N) is 1. The van der Waals surface area contributed by atoms with Crippen molar-refractivity contribution in [3.8, 4) is 5.75 Å². The molecule has 0 bridgehead atoms. The summed E-state index contributed by atoms with van der Waals surface area (Å²) in [6, 6.07) is 15.7. The van der Waals surface area contributed by atoms with Crippen LogP contribution < -0.4 is 10.1 Å². The number of rotatable bonds is 3. The molecule has 0 saturated heterocycles. The number of ether oxygens (including phenoxy) is 1. The van der Waals surface area contributed by atoms with Crippen LogP contribution in [-0.4, -0.2) is 19.1 Å². The molecule has 1 aliphatic heterocycles. The van der Waals surface area contributed by atoms with Gasteiger partial charge < -0.3 is 10.1 Å². The van der Waals surface area contributed by atoms with Gasteiger partial charge in [-0.15, -0.1) is 0 Å². The number of amides is 1. The molecule has 0 fully saturated rings. The van der Waals surface area contributed by atoms with E-state index in [1.807, 2.05) is 49.4 Å². The van der Waals surface area contributed by atoms with Crippen LogP contribution in [0, 0.1) is 6.92 Å². The maximum absolute atomic E-state index is 12.2. The molecule has 3 nitrogen and oxygen atoms in total. The molecule has 1 N–H and O–H groups in total. The number of carbonyl (C=O) groups is 1. The molecule has 0 aromatic heterocycles. The average molecular weight is 281 g/mol. The van der Waals surface area contributed by atoms with Gasteiger partial charge in [-0.25, -0.2) is 0 Å². The first-order valence-electron chi connectivity index (χ1n) is 7.30. The first-order chi connectivity index (χ1) is 10.2. The third-order valence-corrected chi connectivity index (χ3v) is 3.87. The maximum atomic E-state index is 12.2. The highest BCUT2D eigenvalue weighted by molar-refractivity contribution is 5.94. The molecule has 108 valence electrons. The van der Waals surface area contributed by atoms with Gasteiger partial charge in [-0.3, -0.25) is 4.79 Å². The highest BCUT2D eigenvalue weighted by atomic mass is 16.5. The first-order valence-corrected chi connectivity index (χ1v) is 7.30. The van der Waals surface area contributed by atoms with E-state index >= 15 is 0 Å². The van der Waals surface area contributed by atoms with Gasteiger partial charge in [0.15, 0.2) is 0 Å². The van der Waals surface area contributed by atoms with Crippen molar-refractivity contribution in [1.29, 1.82) is 0 Å². The summed E-state index contributed by atoms with van der Waals surface area (Å²) in [5, 5.41) is 3.04. The molecule has 0 aliphatic carbocycles. The van der Waals surface area contributed by atoms with Crippen molar-refractivity contribution in [2.45, 2.75) is 19.3 Å². The summed E-state index contributed by atoms with van der Waals surface area (Å²) in [5.74, 6) is 1.25. The lowest BCUT2D eigenvalue weighted by atomic mass is 9.93. The zero-order valence-electron chi connectivity index (χ0n) is 12.1. The molecule has 2 aromatic carbocycles. The fraction of sp³-hybridized carbons (Fsp3) is 0.278. The van der Waals surface area contributed by atoms with Crippen LogP contribution >= 0.6 is 0 Å². The van der Waals surface area contributed by atoms with Gasteiger partial charge in [-0.2, -0.15) is 0 Å². The van der Waals surface area contributed by atoms with E-state index in [4.69, 9.17) is 4.74 Å². The topological polar surface area (TPSA) is 38.3 Å². The number of benzene rings is 2. The van der Waals surface area contributed by atoms with Crippen molar-refractivity contribution in [3.05, 3.63) is 65.2 Å². The van der Waals surface area contributed by atoms with Gasteiger partial charge in [0.05, 0.1) is 6.61 Å². The van der Waals surface area contributed by atoms with Crippen LogP contribution in [0.15, 0.2) is 48.5 Å². The van der Waals surface area contributed by atoms with E-state index in [0.29, 0.717) is 19.1 Å². The van der Waals surface area contributed by atoms with Gasteiger partial charge >= 0.3 is 0 Å². The van der Waals surface area contributed by atoms with Gasteiger partial charge in [0.2, 0.25) is 0 Å². The number of carbonyl (C=O) groups excluding carboxylic acids is 1. The monoisotopic (exact) mass is 281 g/mol. The standard InChI is InChI=1S/C18H19NO2/c1-13-5-4-6-14(11-13)18(20)19-12-15-9-10-21-17-8-3-2-7-16(15)17/h2-8,11,15H,9-10,12H2,1H3,(H,19,20). The molecule has 21 heavy (non-hydrogen) atoms. The van der Waals surface area contributed by atoms with E-state index < -0.39 is 0 Å². The molecule has 2 aromatic rings. The molecule has 0 radical (unpaired) electrons. The van der Waals surface area contributed by atoms with E-state index in [0.717, 1.165) is 23.3 Å². The molecule has 3 rings (SSSR count). The second-order valence-electron chi connectivity index (χ2n) is 5.45. The van der Waals surface area contributed by atoms with Crippen LogP contribution in [0.3, 0.4) is 0 Å². The largest absolute Gasteiger partial charge is 0.493 e. The Bertz CT molecular complexity index is 651. The van der Waals surface area contributed by atoms with Gasteiger partial charge in [0.25, 0.3) is 5.91 Å². The van der Waals surface area contributed by atoms with Gasteiger partial charge in [-0.05, 0) is 37.1 Å². The Morgan fingerprint density at radius 1 is 1.24 bits per heavy atom. The number of hydrogen-bond acceptors (Lipinski definition) is 2. The lowest BCUT2D eigenvalue weighted by Crippen LogP contribution is -2.30. The zero-order valence-corrected chi connectivity index (χ0v) is 12.1. The number of hydrogen-bond donors (Lipinski definition) is 1. The molecule has 1 amide bonds. The van der Waals surface area contributed by atoms with Crippen molar-refractivity contribution in [3.63, 3.8) is 0 Å².